The molecule has 1 aromatic rings. The van der Waals surface area contributed by atoms with Crippen LogP contribution in [0.3, 0.4) is 0 Å². The van der Waals surface area contributed by atoms with Crippen LogP contribution in [0.4, 0.5) is 5.95 Å². The van der Waals surface area contributed by atoms with Crippen LogP contribution in [0.25, 0.3) is 0 Å². The summed E-state index contributed by atoms with van der Waals surface area (Å²) in [5.41, 5.74) is -0.527. The van der Waals surface area contributed by atoms with Gasteiger partial charge in [0.25, 0.3) is 0 Å². The molecule has 0 aliphatic heterocycles. The van der Waals surface area contributed by atoms with E-state index in [0.29, 0.717) is 5.95 Å². The zero-order chi connectivity index (χ0) is 12.4. The van der Waals surface area contributed by atoms with E-state index >= 15 is 0 Å². The fourth-order valence-electron chi connectivity index (χ4n) is 1.05. The molecule has 1 aromatic heterocycles. The van der Waals surface area contributed by atoms with Gasteiger partial charge in [0, 0.05) is 12.6 Å². The van der Waals surface area contributed by atoms with Gasteiger partial charge in [-0.15, -0.1) is 0 Å². The SMILES string of the molecule is CNc1ncc(S(=O)(=O)NC(C)(C)C)cn1. The number of rotatable bonds is 3. The van der Waals surface area contributed by atoms with Crippen LogP contribution in [0, 0.1) is 0 Å². The maximum absolute atomic E-state index is 11.8. The Labute approximate surface area is 95.6 Å². The highest BCUT2D eigenvalue weighted by Crippen LogP contribution is 2.11. The van der Waals surface area contributed by atoms with Gasteiger partial charge in [0.2, 0.25) is 16.0 Å². The predicted octanol–water partition coefficient (Wildman–Crippen LogP) is 0.595. The average Bonchev–Trinajstić information content (AvgIpc) is 2.14. The van der Waals surface area contributed by atoms with E-state index in [2.05, 4.69) is 20.0 Å². The smallest absolute Gasteiger partial charge is 0.244 e. The summed E-state index contributed by atoms with van der Waals surface area (Å²) >= 11 is 0. The number of aromatic nitrogens is 2. The Morgan fingerprint density at radius 1 is 1.19 bits per heavy atom. The standard InChI is InChI=1S/C9H16N4O2S/c1-9(2,3)13-16(14,15)7-5-11-8(10-4)12-6-7/h5-6,13H,1-4H3,(H,10,11,12). The zero-order valence-corrected chi connectivity index (χ0v) is 10.6. The lowest BCUT2D eigenvalue weighted by molar-refractivity contribution is 0.491. The number of hydrogen-bond acceptors (Lipinski definition) is 5. The molecule has 0 aliphatic carbocycles. The van der Waals surface area contributed by atoms with E-state index in [0.717, 1.165) is 0 Å². The quantitative estimate of drug-likeness (QED) is 0.813. The van der Waals surface area contributed by atoms with Gasteiger partial charge in [0.05, 0.1) is 12.4 Å². The van der Waals surface area contributed by atoms with Crippen LogP contribution in [0.5, 0.6) is 0 Å². The van der Waals surface area contributed by atoms with Crippen LogP contribution in [0.1, 0.15) is 20.8 Å². The van der Waals surface area contributed by atoms with Crippen molar-refractivity contribution in [1.29, 1.82) is 0 Å². The third-order valence-electron chi connectivity index (χ3n) is 1.60. The van der Waals surface area contributed by atoms with Gasteiger partial charge in [0.15, 0.2) is 0 Å². The third-order valence-corrected chi connectivity index (χ3v) is 3.32. The van der Waals surface area contributed by atoms with Gasteiger partial charge in [-0.2, -0.15) is 0 Å². The minimum absolute atomic E-state index is 0.0569. The number of sulfonamides is 1. The van der Waals surface area contributed by atoms with Crippen molar-refractivity contribution >= 4 is 16.0 Å². The first-order chi connectivity index (χ1) is 7.24. The molecule has 0 radical (unpaired) electrons. The van der Waals surface area contributed by atoms with Gasteiger partial charge in [-0.1, -0.05) is 0 Å². The van der Waals surface area contributed by atoms with Crippen LogP contribution in [-0.4, -0.2) is 31.0 Å². The maximum Gasteiger partial charge on any atom is 0.244 e. The molecule has 0 atom stereocenters. The van der Waals surface area contributed by atoms with Crippen molar-refractivity contribution in [2.24, 2.45) is 0 Å². The molecule has 0 saturated carbocycles. The summed E-state index contributed by atoms with van der Waals surface area (Å²) in [6, 6.07) is 0. The molecule has 0 aromatic carbocycles. The first kappa shape index (κ1) is 12.9. The Kier molecular flexibility index (Phi) is 3.49. The molecule has 0 bridgehead atoms. The lowest BCUT2D eigenvalue weighted by atomic mass is 10.1. The summed E-state index contributed by atoms with van der Waals surface area (Å²) < 4.78 is 26.2. The minimum Gasteiger partial charge on any atom is -0.357 e. The van der Waals surface area contributed by atoms with Crippen LogP contribution in [0.2, 0.25) is 0 Å². The minimum atomic E-state index is -3.55. The van der Waals surface area contributed by atoms with Gasteiger partial charge < -0.3 is 5.32 Å². The monoisotopic (exact) mass is 244 g/mol. The lowest BCUT2D eigenvalue weighted by Crippen LogP contribution is -2.40. The van der Waals surface area contributed by atoms with Crippen molar-refractivity contribution in [2.75, 3.05) is 12.4 Å². The number of nitrogens with one attached hydrogen (secondary N) is 2. The molecule has 0 amide bonds. The largest absolute Gasteiger partial charge is 0.357 e. The van der Waals surface area contributed by atoms with Crippen molar-refractivity contribution in [3.8, 4) is 0 Å². The fourth-order valence-corrected chi connectivity index (χ4v) is 2.35. The summed E-state index contributed by atoms with van der Waals surface area (Å²) in [5.74, 6) is 0.384. The summed E-state index contributed by atoms with van der Waals surface area (Å²) in [4.78, 5) is 7.76. The van der Waals surface area contributed by atoms with Crippen LogP contribution < -0.4 is 10.0 Å². The molecule has 0 fully saturated rings. The Morgan fingerprint density at radius 2 is 1.69 bits per heavy atom. The fraction of sp³-hybridized carbons (Fsp3) is 0.556. The molecule has 6 nitrogen and oxygen atoms in total. The Balaban J connectivity index is 2.99. The molecule has 1 heterocycles. The second-order valence-electron chi connectivity index (χ2n) is 4.35. The van der Waals surface area contributed by atoms with Crippen LogP contribution >= 0.6 is 0 Å². The normalized spacial score (nSPS) is 12.5. The Hall–Kier alpha value is -1.21. The number of hydrogen-bond donors (Lipinski definition) is 2. The first-order valence-corrected chi connectivity index (χ1v) is 6.27. The molecule has 1 rings (SSSR count). The van der Waals surface area contributed by atoms with Gasteiger partial charge in [-0.05, 0) is 20.8 Å². The van der Waals surface area contributed by atoms with E-state index in [9.17, 15) is 8.42 Å². The zero-order valence-electron chi connectivity index (χ0n) is 9.77. The van der Waals surface area contributed by atoms with E-state index in [1.807, 2.05) is 0 Å². The number of nitrogens with zero attached hydrogens (tertiary/aromatic N) is 2. The van der Waals surface area contributed by atoms with Crippen LogP contribution in [-0.2, 0) is 10.0 Å². The van der Waals surface area contributed by atoms with Gasteiger partial charge in [-0.3, -0.25) is 0 Å². The van der Waals surface area contributed by atoms with E-state index in [-0.39, 0.29) is 4.90 Å². The van der Waals surface area contributed by atoms with Crippen molar-refractivity contribution < 1.29 is 8.42 Å². The van der Waals surface area contributed by atoms with Crippen molar-refractivity contribution in [3.63, 3.8) is 0 Å². The second kappa shape index (κ2) is 4.34. The summed E-state index contributed by atoms with van der Waals surface area (Å²) in [7, 11) is -1.88. The topological polar surface area (TPSA) is 84.0 Å². The van der Waals surface area contributed by atoms with E-state index in [4.69, 9.17) is 0 Å². The molecule has 0 spiro atoms. The lowest BCUT2D eigenvalue weighted by Gasteiger charge is -2.19. The van der Waals surface area contributed by atoms with Gasteiger partial charge in [0.1, 0.15) is 4.90 Å². The summed E-state index contributed by atoms with van der Waals surface area (Å²) in [6.07, 6.45) is 2.54. The molecular formula is C9H16N4O2S. The molecule has 0 saturated heterocycles. The summed E-state index contributed by atoms with van der Waals surface area (Å²) in [5, 5.41) is 2.72. The Bertz CT molecular complexity index is 447. The predicted molar refractivity (Wildman–Crippen MR) is 61.7 cm³/mol. The van der Waals surface area contributed by atoms with Crippen LogP contribution in [0.15, 0.2) is 17.3 Å². The molecule has 0 unspecified atom stereocenters. The second-order valence-corrected chi connectivity index (χ2v) is 6.03. The highest BCUT2D eigenvalue weighted by atomic mass is 32.2. The first-order valence-electron chi connectivity index (χ1n) is 4.78. The van der Waals surface area contributed by atoms with Crippen molar-refractivity contribution in [3.05, 3.63) is 12.4 Å². The highest BCUT2D eigenvalue weighted by molar-refractivity contribution is 7.89. The molecule has 2 N–H and O–H groups in total. The average molecular weight is 244 g/mol. The molecule has 0 aliphatic rings. The Morgan fingerprint density at radius 3 is 2.06 bits per heavy atom. The van der Waals surface area contributed by atoms with Gasteiger partial charge in [-0.25, -0.2) is 23.1 Å². The highest BCUT2D eigenvalue weighted by Gasteiger charge is 2.22. The summed E-state index contributed by atoms with van der Waals surface area (Å²) in [6.45, 7) is 5.31. The third kappa shape index (κ3) is 3.42. The van der Waals surface area contributed by atoms with Crippen molar-refractivity contribution in [2.45, 2.75) is 31.2 Å². The van der Waals surface area contributed by atoms with Gasteiger partial charge >= 0.3 is 0 Å². The maximum atomic E-state index is 11.8. The van der Waals surface area contributed by atoms with E-state index in [1.165, 1.54) is 12.4 Å². The van der Waals surface area contributed by atoms with Crippen molar-refractivity contribution in [1.82, 2.24) is 14.7 Å². The molecule has 90 valence electrons. The number of anilines is 1. The molecular weight excluding hydrogens is 228 g/mol. The van der Waals surface area contributed by atoms with E-state index in [1.54, 1.807) is 27.8 Å². The molecule has 7 heteroatoms. The molecule has 16 heavy (non-hydrogen) atoms. The van der Waals surface area contributed by atoms with E-state index < -0.39 is 15.6 Å².